The van der Waals surface area contributed by atoms with Gasteiger partial charge in [-0.1, -0.05) is 55.4 Å². The molecular weight excluding hydrogens is 286 g/mol. The van der Waals surface area contributed by atoms with E-state index in [1.165, 1.54) is 29.2 Å². The Kier molecular flexibility index (Phi) is 3.80. The molecule has 0 atom stereocenters. The zero-order valence-electron chi connectivity index (χ0n) is 13.8. The Morgan fingerprint density at radius 2 is 1.70 bits per heavy atom. The Labute approximate surface area is 136 Å². The van der Waals surface area contributed by atoms with Gasteiger partial charge < -0.3 is 5.21 Å². The first-order valence-corrected chi connectivity index (χ1v) is 8.06. The first-order valence-electron chi connectivity index (χ1n) is 8.06. The van der Waals surface area contributed by atoms with Gasteiger partial charge in [-0.2, -0.15) is 0 Å². The molecule has 2 aromatic rings. The summed E-state index contributed by atoms with van der Waals surface area (Å²) in [6, 6.07) is 14.3. The Morgan fingerprint density at radius 3 is 2.35 bits per heavy atom. The molecule has 0 amide bonds. The summed E-state index contributed by atoms with van der Waals surface area (Å²) in [7, 11) is 0. The molecule has 1 N–H and O–H groups in total. The van der Waals surface area contributed by atoms with Crippen molar-refractivity contribution in [3.05, 3.63) is 59.2 Å². The van der Waals surface area contributed by atoms with Crippen LogP contribution in [-0.4, -0.2) is 16.7 Å². The van der Waals surface area contributed by atoms with Crippen molar-refractivity contribution < 1.29 is 10.0 Å². The molecule has 0 saturated carbocycles. The van der Waals surface area contributed by atoms with Crippen LogP contribution in [0.1, 0.15) is 55.1 Å². The van der Waals surface area contributed by atoms with Crippen molar-refractivity contribution in [1.29, 1.82) is 0 Å². The standard InChI is InChI=1S/C20H21NO2/c1-4-20(5-2)17-9-7-6-8-15(17)16-11-10-14(12-18(16)20)19(22)13(3)21-23/h6-12,23H,4-5H2,1-3H3. The van der Waals surface area contributed by atoms with Gasteiger partial charge in [-0.15, -0.1) is 0 Å². The number of hydrogen-bond donors (Lipinski definition) is 1. The largest absolute Gasteiger partial charge is 0.411 e. The third-order valence-electron chi connectivity index (χ3n) is 5.22. The summed E-state index contributed by atoms with van der Waals surface area (Å²) in [5.74, 6) is -0.229. The van der Waals surface area contributed by atoms with E-state index >= 15 is 0 Å². The minimum absolute atomic E-state index is 0.0491. The van der Waals surface area contributed by atoms with Crippen molar-refractivity contribution in [3.8, 4) is 11.1 Å². The lowest BCUT2D eigenvalue weighted by Gasteiger charge is -2.29. The fourth-order valence-corrected chi connectivity index (χ4v) is 3.86. The van der Waals surface area contributed by atoms with Crippen LogP contribution >= 0.6 is 0 Å². The van der Waals surface area contributed by atoms with Crippen molar-refractivity contribution in [3.63, 3.8) is 0 Å². The molecule has 23 heavy (non-hydrogen) atoms. The SMILES string of the molecule is CCC1(CC)c2ccccc2-c2ccc(C(=O)C(C)=NO)cc21. The Morgan fingerprint density at radius 1 is 1.04 bits per heavy atom. The summed E-state index contributed by atoms with van der Waals surface area (Å²) in [5.41, 5.74) is 5.67. The van der Waals surface area contributed by atoms with Crippen LogP contribution in [0.2, 0.25) is 0 Å². The fraction of sp³-hybridized carbons (Fsp3) is 0.300. The lowest BCUT2D eigenvalue weighted by molar-refractivity contribution is 0.106. The molecule has 0 fully saturated rings. The third-order valence-corrected chi connectivity index (χ3v) is 5.22. The van der Waals surface area contributed by atoms with Crippen molar-refractivity contribution in [2.24, 2.45) is 5.16 Å². The van der Waals surface area contributed by atoms with Gasteiger partial charge in [0.15, 0.2) is 0 Å². The maximum atomic E-state index is 12.3. The summed E-state index contributed by atoms with van der Waals surface area (Å²) in [5, 5.41) is 11.9. The van der Waals surface area contributed by atoms with E-state index in [1.807, 2.05) is 18.2 Å². The van der Waals surface area contributed by atoms with Crippen LogP contribution in [0.4, 0.5) is 0 Å². The van der Waals surface area contributed by atoms with Crippen molar-refractivity contribution in [2.45, 2.75) is 39.0 Å². The predicted octanol–water partition coefficient (Wildman–Crippen LogP) is 4.81. The monoisotopic (exact) mass is 307 g/mol. The minimum atomic E-state index is -0.229. The minimum Gasteiger partial charge on any atom is -0.411 e. The van der Waals surface area contributed by atoms with Gasteiger partial charge in [-0.05, 0) is 48.1 Å². The topological polar surface area (TPSA) is 49.7 Å². The number of ketones is 1. The zero-order chi connectivity index (χ0) is 16.6. The highest BCUT2D eigenvalue weighted by atomic mass is 16.4. The second kappa shape index (κ2) is 5.65. The maximum absolute atomic E-state index is 12.3. The van der Waals surface area contributed by atoms with E-state index < -0.39 is 0 Å². The molecule has 1 aliphatic rings. The first-order chi connectivity index (χ1) is 11.1. The highest BCUT2D eigenvalue weighted by Gasteiger charge is 2.40. The molecule has 0 heterocycles. The maximum Gasteiger partial charge on any atom is 0.210 e. The Balaban J connectivity index is 2.24. The highest BCUT2D eigenvalue weighted by molar-refractivity contribution is 6.45. The molecule has 0 unspecified atom stereocenters. The summed E-state index contributed by atoms with van der Waals surface area (Å²) < 4.78 is 0. The Hall–Kier alpha value is -2.42. The molecular formula is C20H21NO2. The van der Waals surface area contributed by atoms with E-state index in [-0.39, 0.29) is 16.9 Å². The molecule has 3 nitrogen and oxygen atoms in total. The number of Topliss-reactive ketones (excluding diaryl/α,β-unsaturated/α-hetero) is 1. The predicted molar refractivity (Wildman–Crippen MR) is 92.5 cm³/mol. The van der Waals surface area contributed by atoms with E-state index in [0.29, 0.717) is 5.56 Å². The quantitative estimate of drug-likeness (QED) is 0.381. The third kappa shape index (κ3) is 2.11. The second-order valence-corrected chi connectivity index (χ2v) is 6.11. The van der Waals surface area contributed by atoms with Crippen LogP contribution in [0.15, 0.2) is 47.6 Å². The molecule has 0 saturated heterocycles. The van der Waals surface area contributed by atoms with Gasteiger partial charge >= 0.3 is 0 Å². The van der Waals surface area contributed by atoms with Gasteiger partial charge in [-0.25, -0.2) is 0 Å². The molecule has 3 heteroatoms. The summed E-state index contributed by atoms with van der Waals surface area (Å²) in [6.07, 6.45) is 1.97. The average molecular weight is 307 g/mol. The van der Waals surface area contributed by atoms with Crippen molar-refractivity contribution in [1.82, 2.24) is 0 Å². The number of oxime groups is 1. The number of fused-ring (bicyclic) bond motifs is 3. The van der Waals surface area contributed by atoms with Gasteiger partial charge in [0, 0.05) is 11.0 Å². The number of hydrogen-bond acceptors (Lipinski definition) is 3. The number of benzene rings is 2. The first kappa shape index (κ1) is 15.5. The number of carbonyl (C=O) groups is 1. The van der Waals surface area contributed by atoms with E-state index in [4.69, 9.17) is 5.21 Å². The average Bonchev–Trinajstić information content (AvgIpc) is 2.90. The summed E-state index contributed by atoms with van der Waals surface area (Å²) in [4.78, 5) is 12.3. The lowest BCUT2D eigenvalue weighted by atomic mass is 9.73. The van der Waals surface area contributed by atoms with Crippen molar-refractivity contribution in [2.75, 3.05) is 0 Å². The van der Waals surface area contributed by atoms with Crippen LogP contribution in [0.5, 0.6) is 0 Å². The van der Waals surface area contributed by atoms with Crippen LogP contribution in [0.3, 0.4) is 0 Å². The molecule has 0 radical (unpaired) electrons. The second-order valence-electron chi connectivity index (χ2n) is 6.11. The van der Waals surface area contributed by atoms with Crippen LogP contribution < -0.4 is 0 Å². The van der Waals surface area contributed by atoms with Gasteiger partial charge in [0.2, 0.25) is 5.78 Å². The van der Waals surface area contributed by atoms with Gasteiger partial charge in [-0.3, -0.25) is 4.79 Å². The molecule has 0 spiro atoms. The van der Waals surface area contributed by atoms with Gasteiger partial charge in [0.1, 0.15) is 5.71 Å². The van der Waals surface area contributed by atoms with Crippen molar-refractivity contribution >= 4 is 11.5 Å². The van der Waals surface area contributed by atoms with Gasteiger partial charge in [0.25, 0.3) is 0 Å². The molecule has 2 aromatic carbocycles. The number of nitrogens with zero attached hydrogens (tertiary/aromatic N) is 1. The van der Waals surface area contributed by atoms with Gasteiger partial charge in [0.05, 0.1) is 0 Å². The molecule has 3 rings (SSSR count). The normalized spacial score (nSPS) is 15.2. The fourth-order valence-electron chi connectivity index (χ4n) is 3.86. The van der Waals surface area contributed by atoms with Crippen LogP contribution in [0.25, 0.3) is 11.1 Å². The van der Waals surface area contributed by atoms with Crippen LogP contribution in [0, 0.1) is 0 Å². The highest BCUT2D eigenvalue weighted by Crippen LogP contribution is 2.52. The molecule has 0 aliphatic heterocycles. The molecule has 118 valence electrons. The smallest absolute Gasteiger partial charge is 0.210 e. The summed E-state index contributed by atoms with van der Waals surface area (Å²) >= 11 is 0. The molecule has 0 aromatic heterocycles. The molecule has 1 aliphatic carbocycles. The molecule has 0 bridgehead atoms. The number of carbonyl (C=O) groups excluding carboxylic acids is 1. The Bertz CT molecular complexity index is 801. The van der Waals surface area contributed by atoms with E-state index in [0.717, 1.165) is 12.8 Å². The van der Waals surface area contributed by atoms with E-state index in [2.05, 4.69) is 43.3 Å². The van der Waals surface area contributed by atoms with E-state index in [1.54, 1.807) is 0 Å². The summed E-state index contributed by atoms with van der Waals surface area (Å²) in [6.45, 7) is 5.92. The lowest BCUT2D eigenvalue weighted by Crippen LogP contribution is -2.23. The zero-order valence-corrected chi connectivity index (χ0v) is 13.8. The number of rotatable bonds is 4. The van der Waals surface area contributed by atoms with Crippen LogP contribution in [-0.2, 0) is 5.41 Å². The van der Waals surface area contributed by atoms with E-state index in [9.17, 15) is 4.79 Å².